The van der Waals surface area contributed by atoms with Crippen LogP contribution >= 0.6 is 27.7 Å². The molecule has 1 heterocycles. The molecule has 2 unspecified atom stereocenters. The molecular formula is C12H20BrNO2S. The largest absolute Gasteiger partial charge is 0.498 e. The van der Waals surface area contributed by atoms with Gasteiger partial charge in [-0.25, -0.2) is 0 Å². The van der Waals surface area contributed by atoms with Crippen molar-refractivity contribution in [2.45, 2.75) is 31.2 Å². The zero-order chi connectivity index (χ0) is 12.7. The third kappa shape index (κ3) is 5.46. The molecule has 1 aliphatic rings. The molecule has 0 spiro atoms. The van der Waals surface area contributed by atoms with Gasteiger partial charge in [0, 0.05) is 16.8 Å². The maximum atomic E-state index is 9.69. The summed E-state index contributed by atoms with van der Waals surface area (Å²) in [5, 5.41) is 13.6. The Morgan fingerprint density at radius 2 is 2.47 bits per heavy atom. The second kappa shape index (κ2) is 8.19. The van der Waals surface area contributed by atoms with Crippen LogP contribution in [-0.2, 0) is 4.74 Å². The van der Waals surface area contributed by atoms with E-state index in [1.807, 2.05) is 24.8 Å². The molecule has 0 saturated carbocycles. The first-order chi connectivity index (χ1) is 8.17. The van der Waals surface area contributed by atoms with Gasteiger partial charge >= 0.3 is 0 Å². The minimum Gasteiger partial charge on any atom is -0.498 e. The second-order valence-corrected chi connectivity index (χ2v) is 6.04. The van der Waals surface area contributed by atoms with Gasteiger partial charge in [0.2, 0.25) is 0 Å². The van der Waals surface area contributed by atoms with Crippen LogP contribution in [0.15, 0.2) is 22.4 Å². The first kappa shape index (κ1) is 15.1. The highest BCUT2D eigenvalue weighted by Gasteiger charge is 2.13. The topological polar surface area (TPSA) is 41.5 Å². The van der Waals surface area contributed by atoms with Crippen molar-refractivity contribution < 1.29 is 9.84 Å². The summed E-state index contributed by atoms with van der Waals surface area (Å²) in [6.45, 7) is 3.02. The fraction of sp³-hybridized carbons (Fsp3) is 0.667. The molecule has 2 atom stereocenters. The monoisotopic (exact) mass is 321 g/mol. The summed E-state index contributed by atoms with van der Waals surface area (Å²) in [6.07, 6.45) is 5.05. The molecule has 0 aromatic rings. The standard InChI is InChI=1S/C12H20BrNO2S/c1-3-10(15)11(16-2)8-9(13)4-5-12-14-6-7-17-12/h4,8,10,12,14-15H,3,5-7H2,1-2H3/b9-4+,11-8+. The van der Waals surface area contributed by atoms with Crippen LogP contribution in [0.5, 0.6) is 0 Å². The molecule has 1 fully saturated rings. The van der Waals surface area contributed by atoms with Crippen LogP contribution in [-0.4, -0.2) is 36.0 Å². The number of halogens is 1. The molecule has 5 heteroatoms. The Labute approximate surface area is 116 Å². The van der Waals surface area contributed by atoms with Gasteiger partial charge < -0.3 is 15.2 Å². The van der Waals surface area contributed by atoms with Gasteiger partial charge in [0.1, 0.15) is 11.9 Å². The van der Waals surface area contributed by atoms with E-state index in [0.717, 1.165) is 17.4 Å². The molecule has 3 nitrogen and oxygen atoms in total. The third-order valence-corrected chi connectivity index (χ3v) is 4.30. The summed E-state index contributed by atoms with van der Waals surface area (Å²) in [6, 6.07) is 0. The third-order valence-electron chi connectivity index (χ3n) is 2.55. The molecule has 98 valence electrons. The van der Waals surface area contributed by atoms with Crippen LogP contribution < -0.4 is 5.32 Å². The smallest absolute Gasteiger partial charge is 0.125 e. The molecule has 1 aliphatic heterocycles. The van der Waals surface area contributed by atoms with Crippen molar-refractivity contribution in [3.05, 3.63) is 22.4 Å². The van der Waals surface area contributed by atoms with Crippen LogP contribution in [0.3, 0.4) is 0 Å². The molecule has 0 radical (unpaired) electrons. The van der Waals surface area contributed by atoms with Crippen LogP contribution in [0.4, 0.5) is 0 Å². The molecule has 17 heavy (non-hydrogen) atoms. The SMILES string of the molecule is CCC(O)/C(=C\C(Br)=C/CC1NCCS1)OC. The number of ether oxygens (including phenoxy) is 1. The Bertz CT molecular complexity index is 288. The summed E-state index contributed by atoms with van der Waals surface area (Å²) < 4.78 is 6.12. The maximum Gasteiger partial charge on any atom is 0.125 e. The lowest BCUT2D eigenvalue weighted by Crippen LogP contribution is -2.18. The number of thioether (sulfide) groups is 1. The molecule has 1 rings (SSSR count). The Balaban J connectivity index is 2.51. The normalized spacial score (nSPS) is 23.9. The van der Waals surface area contributed by atoms with Gasteiger partial charge in [0.25, 0.3) is 0 Å². The molecular weight excluding hydrogens is 302 g/mol. The molecule has 0 aromatic heterocycles. The van der Waals surface area contributed by atoms with Gasteiger partial charge in [-0.3, -0.25) is 0 Å². The summed E-state index contributed by atoms with van der Waals surface area (Å²) in [5.74, 6) is 1.78. The summed E-state index contributed by atoms with van der Waals surface area (Å²) in [5.41, 5.74) is 0. The Kier molecular flexibility index (Phi) is 7.27. The molecule has 2 N–H and O–H groups in total. The minimum atomic E-state index is -0.528. The highest BCUT2D eigenvalue weighted by atomic mass is 79.9. The van der Waals surface area contributed by atoms with E-state index in [0.29, 0.717) is 17.6 Å². The number of allylic oxidation sites excluding steroid dienone is 2. The van der Waals surface area contributed by atoms with E-state index in [9.17, 15) is 5.11 Å². The molecule has 0 bridgehead atoms. The van der Waals surface area contributed by atoms with Gasteiger partial charge in [-0.15, -0.1) is 11.8 Å². The van der Waals surface area contributed by atoms with E-state index in [1.54, 1.807) is 7.11 Å². The fourth-order valence-corrected chi connectivity index (χ4v) is 2.94. The number of methoxy groups -OCH3 is 1. The predicted octanol–water partition coefficient (Wildman–Crippen LogP) is 2.62. The van der Waals surface area contributed by atoms with Crippen molar-refractivity contribution >= 4 is 27.7 Å². The van der Waals surface area contributed by atoms with Gasteiger partial charge in [0.05, 0.1) is 12.5 Å². The minimum absolute atomic E-state index is 0.512. The fourth-order valence-electron chi connectivity index (χ4n) is 1.54. The highest BCUT2D eigenvalue weighted by molar-refractivity contribution is 9.11. The first-order valence-electron chi connectivity index (χ1n) is 5.81. The van der Waals surface area contributed by atoms with Crippen LogP contribution in [0.2, 0.25) is 0 Å². The molecule has 0 aromatic carbocycles. The molecule has 1 saturated heterocycles. The number of hydrogen-bond donors (Lipinski definition) is 2. The quantitative estimate of drug-likeness (QED) is 0.583. The number of hydrogen-bond acceptors (Lipinski definition) is 4. The average Bonchev–Trinajstić information content (AvgIpc) is 2.85. The van der Waals surface area contributed by atoms with E-state index in [4.69, 9.17) is 4.74 Å². The predicted molar refractivity (Wildman–Crippen MR) is 77.3 cm³/mol. The van der Waals surface area contributed by atoms with Crippen molar-refractivity contribution in [1.82, 2.24) is 5.32 Å². The number of rotatable bonds is 6. The maximum absolute atomic E-state index is 9.69. The summed E-state index contributed by atoms with van der Waals surface area (Å²) in [4.78, 5) is 0. The second-order valence-electron chi connectivity index (χ2n) is 3.81. The van der Waals surface area contributed by atoms with E-state index >= 15 is 0 Å². The van der Waals surface area contributed by atoms with E-state index in [-0.39, 0.29) is 0 Å². The van der Waals surface area contributed by atoms with Crippen LogP contribution in [0, 0.1) is 0 Å². The highest BCUT2D eigenvalue weighted by Crippen LogP contribution is 2.21. The Morgan fingerprint density at radius 1 is 1.71 bits per heavy atom. The van der Waals surface area contributed by atoms with Crippen molar-refractivity contribution in [3.63, 3.8) is 0 Å². The van der Waals surface area contributed by atoms with Crippen molar-refractivity contribution in [2.24, 2.45) is 0 Å². The van der Waals surface area contributed by atoms with Gasteiger partial charge in [-0.2, -0.15) is 0 Å². The van der Waals surface area contributed by atoms with E-state index in [2.05, 4.69) is 27.3 Å². The number of aliphatic hydroxyl groups is 1. The summed E-state index contributed by atoms with van der Waals surface area (Å²) >= 11 is 5.42. The van der Waals surface area contributed by atoms with Crippen molar-refractivity contribution in [1.29, 1.82) is 0 Å². The average molecular weight is 322 g/mol. The van der Waals surface area contributed by atoms with E-state index in [1.165, 1.54) is 5.75 Å². The van der Waals surface area contributed by atoms with Crippen LogP contribution in [0.1, 0.15) is 19.8 Å². The molecule has 0 amide bonds. The lowest BCUT2D eigenvalue weighted by atomic mass is 10.2. The molecule has 0 aliphatic carbocycles. The number of aliphatic hydroxyl groups excluding tert-OH is 1. The van der Waals surface area contributed by atoms with Crippen molar-refractivity contribution in [3.8, 4) is 0 Å². The zero-order valence-corrected chi connectivity index (χ0v) is 12.7. The summed E-state index contributed by atoms with van der Waals surface area (Å²) in [7, 11) is 1.58. The lowest BCUT2D eigenvalue weighted by Gasteiger charge is -2.11. The zero-order valence-electron chi connectivity index (χ0n) is 10.3. The van der Waals surface area contributed by atoms with Gasteiger partial charge in [-0.1, -0.05) is 28.9 Å². The van der Waals surface area contributed by atoms with Gasteiger partial charge in [0.15, 0.2) is 0 Å². The first-order valence-corrected chi connectivity index (χ1v) is 7.65. The van der Waals surface area contributed by atoms with Gasteiger partial charge in [-0.05, 0) is 18.9 Å². The van der Waals surface area contributed by atoms with Crippen LogP contribution in [0.25, 0.3) is 0 Å². The van der Waals surface area contributed by atoms with Crippen molar-refractivity contribution in [2.75, 3.05) is 19.4 Å². The Morgan fingerprint density at radius 3 is 3.00 bits per heavy atom. The Hall–Kier alpha value is 0.0300. The number of nitrogens with one attached hydrogen (secondary N) is 1. The lowest BCUT2D eigenvalue weighted by molar-refractivity contribution is 0.125. The van der Waals surface area contributed by atoms with E-state index < -0.39 is 6.10 Å².